The van der Waals surface area contributed by atoms with Crippen LogP contribution in [0.2, 0.25) is 0 Å². The van der Waals surface area contributed by atoms with Crippen molar-refractivity contribution in [3.8, 4) is 0 Å². The predicted octanol–water partition coefficient (Wildman–Crippen LogP) is 3.52. The Hall–Kier alpha value is -1.10. The molecule has 0 aromatic carbocycles. The molecule has 0 bridgehead atoms. The average Bonchev–Trinajstić information content (AvgIpc) is 2.97. The van der Waals surface area contributed by atoms with Gasteiger partial charge in [0, 0.05) is 18.5 Å². The average molecular weight is 308 g/mol. The van der Waals surface area contributed by atoms with E-state index in [-0.39, 0.29) is 0 Å². The summed E-state index contributed by atoms with van der Waals surface area (Å²) in [6, 6.07) is 0. The Kier molecular flexibility index (Phi) is 3.95. The van der Waals surface area contributed by atoms with Gasteiger partial charge in [0.05, 0.1) is 5.69 Å². The number of fused-ring (bicyclic) bond motifs is 1. The summed E-state index contributed by atoms with van der Waals surface area (Å²) >= 11 is 1.59. The van der Waals surface area contributed by atoms with E-state index in [1.165, 1.54) is 32.1 Å². The van der Waals surface area contributed by atoms with Crippen LogP contribution in [0.4, 0.5) is 5.13 Å². The molecule has 1 aromatic rings. The van der Waals surface area contributed by atoms with Gasteiger partial charge < -0.3 is 10.0 Å². The highest BCUT2D eigenvalue weighted by Crippen LogP contribution is 2.38. The molecule has 5 heteroatoms. The lowest BCUT2D eigenvalue weighted by Crippen LogP contribution is -2.41. The lowest BCUT2D eigenvalue weighted by Gasteiger charge is -2.41. The van der Waals surface area contributed by atoms with Crippen molar-refractivity contribution in [3.05, 3.63) is 11.1 Å². The van der Waals surface area contributed by atoms with Crippen LogP contribution in [-0.4, -0.2) is 29.1 Å². The van der Waals surface area contributed by atoms with Gasteiger partial charge in [0.2, 0.25) is 0 Å². The Balaban J connectivity index is 1.73. The van der Waals surface area contributed by atoms with Gasteiger partial charge in [0.25, 0.3) is 0 Å². The number of rotatable bonds is 3. The van der Waals surface area contributed by atoms with Gasteiger partial charge in [-0.15, -0.1) is 11.3 Å². The van der Waals surface area contributed by atoms with Crippen LogP contribution < -0.4 is 4.90 Å². The topological polar surface area (TPSA) is 53.4 Å². The zero-order valence-corrected chi connectivity index (χ0v) is 13.7. The van der Waals surface area contributed by atoms with Crippen molar-refractivity contribution in [2.24, 2.45) is 11.8 Å². The molecule has 1 aromatic heterocycles. The molecule has 2 aliphatic rings. The molecule has 2 unspecified atom stereocenters. The summed E-state index contributed by atoms with van der Waals surface area (Å²) in [7, 11) is 0. The van der Waals surface area contributed by atoms with Gasteiger partial charge in [-0.25, -0.2) is 4.98 Å². The van der Waals surface area contributed by atoms with E-state index in [0.29, 0.717) is 5.69 Å². The molecule has 0 amide bonds. The second-order valence-corrected chi connectivity index (χ2v) is 7.82. The smallest absolute Gasteiger partial charge is 0.315 e. The first-order valence-corrected chi connectivity index (χ1v) is 8.81. The molecule has 1 saturated carbocycles. The predicted molar refractivity (Wildman–Crippen MR) is 85.1 cm³/mol. The molecule has 1 aliphatic carbocycles. The van der Waals surface area contributed by atoms with E-state index in [2.05, 4.69) is 9.88 Å². The van der Waals surface area contributed by atoms with Crippen LogP contribution in [0.3, 0.4) is 0 Å². The largest absolute Gasteiger partial charge is 0.481 e. The van der Waals surface area contributed by atoms with E-state index in [1.807, 2.05) is 5.38 Å². The molecule has 3 rings (SSSR count). The first kappa shape index (κ1) is 14.8. The number of nitrogens with zero attached hydrogens (tertiary/aromatic N) is 2. The lowest BCUT2D eigenvalue weighted by atomic mass is 9.75. The quantitative estimate of drug-likeness (QED) is 0.928. The number of hydrogen-bond donors (Lipinski definition) is 1. The van der Waals surface area contributed by atoms with Crippen LogP contribution in [0.5, 0.6) is 0 Å². The Morgan fingerprint density at radius 3 is 2.76 bits per heavy atom. The summed E-state index contributed by atoms with van der Waals surface area (Å²) in [5.41, 5.74) is -0.224. The molecule has 1 aliphatic heterocycles. The molecule has 2 fully saturated rings. The van der Waals surface area contributed by atoms with Crippen LogP contribution >= 0.6 is 11.3 Å². The molecule has 0 spiro atoms. The molecule has 2 atom stereocenters. The van der Waals surface area contributed by atoms with Crippen molar-refractivity contribution in [2.45, 2.75) is 51.4 Å². The second kappa shape index (κ2) is 5.59. The van der Waals surface area contributed by atoms with Crippen LogP contribution in [0, 0.1) is 11.8 Å². The first-order chi connectivity index (χ1) is 9.98. The molecule has 4 nitrogen and oxygen atoms in total. The fraction of sp³-hybridized carbons (Fsp3) is 0.750. The minimum atomic E-state index is -0.905. The fourth-order valence-corrected chi connectivity index (χ4v) is 4.61. The molecule has 0 radical (unpaired) electrons. The second-order valence-electron chi connectivity index (χ2n) is 6.98. The fourth-order valence-electron chi connectivity index (χ4n) is 3.58. The van der Waals surface area contributed by atoms with E-state index >= 15 is 0 Å². The number of anilines is 1. The van der Waals surface area contributed by atoms with E-state index in [9.17, 15) is 9.90 Å². The van der Waals surface area contributed by atoms with Gasteiger partial charge >= 0.3 is 5.97 Å². The van der Waals surface area contributed by atoms with Gasteiger partial charge in [-0.1, -0.05) is 19.3 Å². The van der Waals surface area contributed by atoms with Crippen molar-refractivity contribution in [2.75, 3.05) is 18.0 Å². The normalized spacial score (nSPS) is 26.5. The zero-order valence-electron chi connectivity index (χ0n) is 12.8. The summed E-state index contributed by atoms with van der Waals surface area (Å²) < 4.78 is 0. The Bertz CT molecular complexity index is 526. The van der Waals surface area contributed by atoms with E-state index in [0.717, 1.165) is 30.1 Å². The highest BCUT2D eigenvalue weighted by molar-refractivity contribution is 7.13. The minimum Gasteiger partial charge on any atom is -0.481 e. The lowest BCUT2D eigenvalue weighted by molar-refractivity contribution is -0.142. The molecule has 1 saturated heterocycles. The maximum absolute atomic E-state index is 11.3. The third kappa shape index (κ3) is 2.80. The third-order valence-electron chi connectivity index (χ3n) is 5.23. The highest BCUT2D eigenvalue weighted by atomic mass is 32.1. The highest BCUT2D eigenvalue weighted by Gasteiger charge is 2.35. The summed E-state index contributed by atoms with van der Waals surface area (Å²) in [5.74, 6) is 0.905. The summed E-state index contributed by atoms with van der Waals surface area (Å²) in [5, 5.41) is 12.2. The van der Waals surface area contributed by atoms with Gasteiger partial charge in [-0.3, -0.25) is 4.79 Å². The molecule has 1 N–H and O–H groups in total. The van der Waals surface area contributed by atoms with Crippen molar-refractivity contribution in [1.29, 1.82) is 0 Å². The summed E-state index contributed by atoms with van der Waals surface area (Å²) in [6.07, 6.45) is 6.77. The van der Waals surface area contributed by atoms with Crippen LogP contribution in [0.25, 0.3) is 0 Å². The first-order valence-electron chi connectivity index (χ1n) is 7.93. The molecular formula is C16H24N2O2S. The number of carbonyl (C=O) groups is 1. The third-order valence-corrected chi connectivity index (χ3v) is 6.13. The van der Waals surface area contributed by atoms with Crippen LogP contribution in [-0.2, 0) is 10.2 Å². The summed E-state index contributed by atoms with van der Waals surface area (Å²) in [6.45, 7) is 5.62. The van der Waals surface area contributed by atoms with Crippen molar-refractivity contribution < 1.29 is 9.90 Å². The number of piperidine rings is 1. The van der Waals surface area contributed by atoms with E-state index < -0.39 is 11.4 Å². The number of thiazole rings is 1. The molecule has 116 valence electrons. The van der Waals surface area contributed by atoms with Crippen LogP contribution in [0.1, 0.15) is 51.6 Å². The standard InChI is InChI=1S/C16H24N2O2S/c1-16(2,14(19)20)13-10-21-15(17-13)18-8-7-11-5-3-4-6-12(11)9-18/h10-12H,3-9H2,1-2H3,(H,19,20). The van der Waals surface area contributed by atoms with Crippen molar-refractivity contribution in [1.82, 2.24) is 4.98 Å². The minimum absolute atomic E-state index is 0.681. The van der Waals surface area contributed by atoms with Gasteiger partial charge in [0.15, 0.2) is 5.13 Å². The van der Waals surface area contributed by atoms with Crippen molar-refractivity contribution in [3.63, 3.8) is 0 Å². The van der Waals surface area contributed by atoms with Gasteiger partial charge in [-0.05, 0) is 38.5 Å². The Labute approximate surface area is 130 Å². The van der Waals surface area contributed by atoms with E-state index in [1.54, 1.807) is 25.2 Å². The maximum Gasteiger partial charge on any atom is 0.315 e. The molecule has 2 heterocycles. The SMILES string of the molecule is CC(C)(C(=O)O)c1csc(N2CCC3CCCCC3C2)n1. The zero-order chi connectivity index (χ0) is 15.0. The molecular weight excluding hydrogens is 284 g/mol. The van der Waals surface area contributed by atoms with E-state index in [4.69, 9.17) is 0 Å². The Morgan fingerprint density at radius 1 is 1.33 bits per heavy atom. The number of hydrogen-bond acceptors (Lipinski definition) is 4. The Morgan fingerprint density at radius 2 is 2.05 bits per heavy atom. The van der Waals surface area contributed by atoms with Gasteiger partial charge in [0.1, 0.15) is 5.41 Å². The maximum atomic E-state index is 11.3. The summed E-state index contributed by atoms with van der Waals surface area (Å²) in [4.78, 5) is 18.3. The van der Waals surface area contributed by atoms with Crippen molar-refractivity contribution >= 4 is 22.4 Å². The van der Waals surface area contributed by atoms with Crippen LogP contribution in [0.15, 0.2) is 5.38 Å². The molecule has 21 heavy (non-hydrogen) atoms. The van der Waals surface area contributed by atoms with Gasteiger partial charge in [-0.2, -0.15) is 0 Å². The number of carboxylic acids is 1. The monoisotopic (exact) mass is 308 g/mol. The number of carboxylic acid groups (broad SMARTS) is 1. The number of aromatic nitrogens is 1. The number of aliphatic carboxylic acids is 1.